The van der Waals surface area contributed by atoms with Crippen LogP contribution in [0.3, 0.4) is 0 Å². The molecule has 0 saturated carbocycles. The van der Waals surface area contributed by atoms with Gasteiger partial charge in [0.2, 0.25) is 0 Å². The lowest BCUT2D eigenvalue weighted by molar-refractivity contribution is 0.140. The number of benzene rings is 1. The van der Waals surface area contributed by atoms with Crippen LogP contribution in [-0.4, -0.2) is 21.4 Å². The Morgan fingerprint density at radius 1 is 1.08 bits per heavy atom. The molecule has 0 spiro atoms. The second-order valence-corrected chi connectivity index (χ2v) is 7.96. The van der Waals surface area contributed by atoms with Crippen LogP contribution in [0.2, 0.25) is 10.3 Å². The summed E-state index contributed by atoms with van der Waals surface area (Å²) >= 11 is 13.9. The summed E-state index contributed by atoms with van der Waals surface area (Å²) in [5, 5.41) is 2.11. The maximum atomic E-state index is 6.05. The first-order valence-electron chi connectivity index (χ1n) is 8.10. The first-order valence-corrected chi connectivity index (χ1v) is 9.68. The standard InChI is InChI=1S/C18H17Cl2N3S/c19-16-9-12(10-17(20)22-16)11-23-8-4-3-6-14(23)18-21-13-5-1-2-7-15(13)24-18/h1-2,5,7,9-10,14H,3-4,6,8,11H2/t14-/m0/s1. The van der Waals surface area contributed by atoms with Gasteiger partial charge in [-0.15, -0.1) is 11.3 Å². The largest absolute Gasteiger partial charge is 0.290 e. The summed E-state index contributed by atoms with van der Waals surface area (Å²) in [4.78, 5) is 11.4. The summed E-state index contributed by atoms with van der Waals surface area (Å²) in [5.41, 5.74) is 2.20. The zero-order valence-corrected chi connectivity index (χ0v) is 15.4. The van der Waals surface area contributed by atoms with Crippen LogP contribution in [0.1, 0.15) is 35.9 Å². The van der Waals surface area contributed by atoms with Crippen LogP contribution in [0, 0.1) is 0 Å². The number of aromatic nitrogens is 2. The van der Waals surface area contributed by atoms with E-state index in [1.807, 2.05) is 29.5 Å². The summed E-state index contributed by atoms with van der Waals surface area (Å²) in [6.45, 7) is 1.89. The van der Waals surface area contributed by atoms with Crippen molar-refractivity contribution in [2.75, 3.05) is 6.54 Å². The quantitative estimate of drug-likeness (QED) is 0.546. The Morgan fingerprint density at radius 3 is 2.67 bits per heavy atom. The molecule has 0 radical (unpaired) electrons. The van der Waals surface area contributed by atoms with Crippen LogP contribution < -0.4 is 0 Å². The summed E-state index contributed by atoms with van der Waals surface area (Å²) in [5.74, 6) is 0. The number of thiazole rings is 1. The van der Waals surface area contributed by atoms with Gasteiger partial charge in [-0.2, -0.15) is 0 Å². The number of hydrogen-bond acceptors (Lipinski definition) is 4. The first-order chi connectivity index (χ1) is 11.7. The number of para-hydroxylation sites is 1. The van der Waals surface area contributed by atoms with Gasteiger partial charge in [-0.1, -0.05) is 41.8 Å². The number of piperidine rings is 1. The van der Waals surface area contributed by atoms with Gasteiger partial charge in [-0.3, -0.25) is 4.90 Å². The number of hydrogen-bond donors (Lipinski definition) is 0. The lowest BCUT2D eigenvalue weighted by atomic mass is 10.0. The van der Waals surface area contributed by atoms with Crippen molar-refractivity contribution in [3.63, 3.8) is 0 Å². The Morgan fingerprint density at radius 2 is 1.88 bits per heavy atom. The maximum Gasteiger partial charge on any atom is 0.131 e. The Labute approximate surface area is 155 Å². The minimum absolute atomic E-state index is 0.363. The van der Waals surface area contributed by atoms with Gasteiger partial charge in [-0.25, -0.2) is 9.97 Å². The highest BCUT2D eigenvalue weighted by Crippen LogP contribution is 2.36. The van der Waals surface area contributed by atoms with Crippen LogP contribution in [-0.2, 0) is 6.54 Å². The second-order valence-electron chi connectivity index (χ2n) is 6.12. The van der Waals surface area contributed by atoms with Crippen molar-refractivity contribution in [1.29, 1.82) is 0 Å². The van der Waals surface area contributed by atoms with Crippen molar-refractivity contribution in [2.45, 2.75) is 31.8 Å². The van der Waals surface area contributed by atoms with E-state index < -0.39 is 0 Å². The van der Waals surface area contributed by atoms with E-state index in [0.29, 0.717) is 16.3 Å². The van der Waals surface area contributed by atoms with Gasteiger partial charge in [0.15, 0.2) is 0 Å². The number of nitrogens with zero attached hydrogens (tertiary/aromatic N) is 3. The molecule has 124 valence electrons. The fraction of sp³-hybridized carbons (Fsp3) is 0.333. The number of halogens is 2. The molecular formula is C18H17Cl2N3S. The van der Waals surface area contributed by atoms with E-state index in [0.717, 1.165) is 30.6 Å². The fourth-order valence-electron chi connectivity index (χ4n) is 3.33. The molecule has 0 aliphatic carbocycles. The molecule has 1 saturated heterocycles. The third-order valence-corrected chi connectivity index (χ3v) is 5.94. The third kappa shape index (κ3) is 3.42. The van der Waals surface area contributed by atoms with Crippen LogP contribution in [0.5, 0.6) is 0 Å². The Balaban J connectivity index is 1.62. The van der Waals surface area contributed by atoms with Crippen molar-refractivity contribution in [1.82, 2.24) is 14.9 Å². The predicted octanol–water partition coefficient (Wildman–Crippen LogP) is 5.73. The summed E-state index contributed by atoms with van der Waals surface area (Å²) in [6, 6.07) is 12.5. The van der Waals surface area contributed by atoms with E-state index in [1.165, 1.54) is 22.5 Å². The summed E-state index contributed by atoms with van der Waals surface area (Å²) in [7, 11) is 0. The van der Waals surface area contributed by atoms with Crippen molar-refractivity contribution in [3.8, 4) is 0 Å². The molecule has 4 rings (SSSR count). The maximum absolute atomic E-state index is 6.05. The molecule has 0 amide bonds. The van der Waals surface area contributed by atoms with Crippen LogP contribution in [0.15, 0.2) is 36.4 Å². The molecule has 1 aromatic carbocycles. The number of pyridine rings is 1. The molecule has 1 atom stereocenters. The molecule has 3 aromatic rings. The highest BCUT2D eigenvalue weighted by Gasteiger charge is 2.27. The van der Waals surface area contributed by atoms with Crippen LogP contribution in [0.25, 0.3) is 10.2 Å². The van der Waals surface area contributed by atoms with E-state index in [-0.39, 0.29) is 0 Å². The average molecular weight is 378 g/mol. The Hall–Kier alpha value is -1.20. The highest BCUT2D eigenvalue weighted by atomic mass is 35.5. The first kappa shape index (κ1) is 16.3. The van der Waals surface area contributed by atoms with E-state index in [2.05, 4.69) is 28.1 Å². The van der Waals surface area contributed by atoms with Crippen molar-refractivity contribution >= 4 is 44.8 Å². The van der Waals surface area contributed by atoms with Gasteiger partial charge in [0.05, 0.1) is 16.3 Å². The molecule has 1 aliphatic heterocycles. The van der Waals surface area contributed by atoms with E-state index in [1.54, 1.807) is 0 Å². The number of rotatable bonds is 3. The lowest BCUT2D eigenvalue weighted by Crippen LogP contribution is -2.32. The molecule has 0 N–H and O–H groups in total. The Bertz CT molecular complexity index is 811. The van der Waals surface area contributed by atoms with Gasteiger partial charge in [0.1, 0.15) is 15.3 Å². The molecule has 2 aromatic heterocycles. The minimum Gasteiger partial charge on any atom is -0.290 e. The predicted molar refractivity (Wildman–Crippen MR) is 101 cm³/mol. The smallest absolute Gasteiger partial charge is 0.131 e. The lowest BCUT2D eigenvalue weighted by Gasteiger charge is -2.34. The van der Waals surface area contributed by atoms with E-state index in [4.69, 9.17) is 28.2 Å². The molecule has 6 heteroatoms. The molecular weight excluding hydrogens is 361 g/mol. The zero-order valence-electron chi connectivity index (χ0n) is 13.1. The van der Waals surface area contributed by atoms with Gasteiger partial charge in [0.25, 0.3) is 0 Å². The topological polar surface area (TPSA) is 29.0 Å². The van der Waals surface area contributed by atoms with Gasteiger partial charge in [0, 0.05) is 6.54 Å². The number of likely N-dealkylation sites (tertiary alicyclic amines) is 1. The second kappa shape index (κ2) is 6.96. The summed E-state index contributed by atoms with van der Waals surface area (Å²) in [6.07, 6.45) is 3.61. The zero-order chi connectivity index (χ0) is 16.5. The summed E-state index contributed by atoms with van der Waals surface area (Å²) < 4.78 is 1.26. The van der Waals surface area contributed by atoms with Gasteiger partial charge in [-0.05, 0) is 49.2 Å². The molecule has 1 fully saturated rings. The van der Waals surface area contributed by atoms with Gasteiger partial charge < -0.3 is 0 Å². The SMILES string of the molecule is Clc1cc(CN2CCCC[C@H]2c2nc3ccccc3s2)cc(Cl)n1. The number of fused-ring (bicyclic) bond motifs is 1. The van der Waals surface area contributed by atoms with Gasteiger partial charge >= 0.3 is 0 Å². The average Bonchev–Trinajstić information content (AvgIpc) is 2.98. The molecule has 24 heavy (non-hydrogen) atoms. The molecule has 3 nitrogen and oxygen atoms in total. The Kier molecular flexibility index (Phi) is 4.72. The van der Waals surface area contributed by atoms with E-state index >= 15 is 0 Å². The highest BCUT2D eigenvalue weighted by molar-refractivity contribution is 7.18. The monoisotopic (exact) mass is 377 g/mol. The fourth-order valence-corrected chi connectivity index (χ4v) is 4.98. The van der Waals surface area contributed by atoms with Crippen molar-refractivity contribution < 1.29 is 0 Å². The minimum atomic E-state index is 0.363. The van der Waals surface area contributed by atoms with Crippen LogP contribution in [0.4, 0.5) is 0 Å². The molecule has 0 unspecified atom stereocenters. The third-order valence-electron chi connectivity index (χ3n) is 4.42. The van der Waals surface area contributed by atoms with Crippen molar-refractivity contribution in [3.05, 3.63) is 57.3 Å². The van der Waals surface area contributed by atoms with E-state index in [9.17, 15) is 0 Å². The normalized spacial score (nSPS) is 19.0. The van der Waals surface area contributed by atoms with Crippen LogP contribution >= 0.6 is 34.5 Å². The molecule has 0 bridgehead atoms. The molecule has 3 heterocycles. The molecule has 1 aliphatic rings. The van der Waals surface area contributed by atoms with Crippen molar-refractivity contribution in [2.24, 2.45) is 0 Å².